The van der Waals surface area contributed by atoms with Crippen LogP contribution in [0.5, 0.6) is 0 Å². The molecule has 1 unspecified atom stereocenters. The van der Waals surface area contributed by atoms with Gasteiger partial charge in [0, 0.05) is 6.21 Å². The molecule has 86 valence electrons. The van der Waals surface area contributed by atoms with Gasteiger partial charge in [0.1, 0.15) is 0 Å². The molecule has 0 saturated carbocycles. The first-order valence-corrected chi connectivity index (χ1v) is 6.17. The van der Waals surface area contributed by atoms with Crippen LogP contribution in [0.25, 0.3) is 0 Å². The fourth-order valence-electron chi connectivity index (χ4n) is 1.39. The summed E-state index contributed by atoms with van der Waals surface area (Å²) in [5.74, 6) is 0. The summed E-state index contributed by atoms with van der Waals surface area (Å²) in [6.07, 6.45) is 1.67. The molecule has 4 heteroatoms. The van der Waals surface area contributed by atoms with Gasteiger partial charge in [0.15, 0.2) is 11.1 Å². The van der Waals surface area contributed by atoms with Gasteiger partial charge in [-0.3, -0.25) is 4.99 Å². The predicted octanol–water partition coefficient (Wildman–Crippen LogP) is 3.02. The highest BCUT2D eigenvalue weighted by atomic mass is 32.2. The van der Waals surface area contributed by atoms with E-state index in [0.717, 1.165) is 5.56 Å². The van der Waals surface area contributed by atoms with Crippen LogP contribution in [-0.4, -0.2) is 15.0 Å². The molecule has 0 aliphatic heterocycles. The number of benzene rings is 2. The second kappa shape index (κ2) is 5.52. The van der Waals surface area contributed by atoms with E-state index < -0.39 is 11.1 Å². The second-order valence-electron chi connectivity index (χ2n) is 3.39. The van der Waals surface area contributed by atoms with Gasteiger partial charge in [-0.1, -0.05) is 42.5 Å². The Morgan fingerprint density at radius 1 is 1.00 bits per heavy atom. The number of rotatable bonds is 3. The van der Waals surface area contributed by atoms with Crippen LogP contribution in [0.15, 0.2) is 64.5 Å². The third-order valence-corrected chi connectivity index (χ3v) is 2.93. The van der Waals surface area contributed by atoms with Crippen molar-refractivity contribution in [1.82, 2.24) is 0 Å². The summed E-state index contributed by atoms with van der Waals surface area (Å²) in [5, 5.41) is 0. The van der Waals surface area contributed by atoms with E-state index in [2.05, 4.69) is 4.99 Å². The molecule has 0 amide bonds. The molecule has 0 heterocycles. The van der Waals surface area contributed by atoms with Gasteiger partial charge in [-0.15, -0.1) is 0 Å². The van der Waals surface area contributed by atoms with Crippen molar-refractivity contribution in [3.05, 3.63) is 60.2 Å². The van der Waals surface area contributed by atoms with Crippen molar-refractivity contribution in [2.24, 2.45) is 4.99 Å². The van der Waals surface area contributed by atoms with Crippen LogP contribution in [0.3, 0.4) is 0 Å². The Morgan fingerprint density at radius 2 is 1.65 bits per heavy atom. The van der Waals surface area contributed by atoms with Crippen molar-refractivity contribution in [3.63, 3.8) is 0 Å². The molecule has 0 spiro atoms. The van der Waals surface area contributed by atoms with Gasteiger partial charge in [-0.25, -0.2) is 4.21 Å². The molecule has 2 aromatic rings. The fraction of sp³-hybridized carbons (Fsp3) is 0. The van der Waals surface area contributed by atoms with Crippen LogP contribution in [0.4, 0.5) is 5.69 Å². The van der Waals surface area contributed by atoms with Gasteiger partial charge < -0.3 is 4.55 Å². The Morgan fingerprint density at radius 3 is 2.35 bits per heavy atom. The van der Waals surface area contributed by atoms with E-state index in [9.17, 15) is 4.21 Å². The van der Waals surface area contributed by atoms with E-state index in [-0.39, 0.29) is 0 Å². The normalized spacial score (nSPS) is 12.8. The van der Waals surface area contributed by atoms with Crippen LogP contribution in [0.1, 0.15) is 5.56 Å². The summed E-state index contributed by atoms with van der Waals surface area (Å²) in [7, 11) is 0. The monoisotopic (exact) mass is 245 g/mol. The van der Waals surface area contributed by atoms with Crippen LogP contribution in [0.2, 0.25) is 0 Å². The van der Waals surface area contributed by atoms with Gasteiger partial charge in [-0.2, -0.15) is 0 Å². The summed E-state index contributed by atoms with van der Waals surface area (Å²) < 4.78 is 20.2. The maximum absolute atomic E-state index is 11.1. The Kier molecular flexibility index (Phi) is 3.80. The molecule has 0 saturated heterocycles. The molecule has 3 nitrogen and oxygen atoms in total. The van der Waals surface area contributed by atoms with E-state index in [1.807, 2.05) is 30.3 Å². The first-order chi connectivity index (χ1) is 8.27. The molecule has 1 atom stereocenters. The number of para-hydroxylation sites is 1. The molecule has 1 N–H and O–H groups in total. The SMILES string of the molecule is O=S(O)c1ccccc1N=Cc1ccccc1. The zero-order valence-corrected chi connectivity index (χ0v) is 9.80. The molecular weight excluding hydrogens is 234 g/mol. The fourth-order valence-corrected chi connectivity index (χ4v) is 1.89. The van der Waals surface area contributed by atoms with Crippen LogP contribution in [0, 0.1) is 0 Å². The molecule has 0 aromatic heterocycles. The van der Waals surface area contributed by atoms with Crippen molar-refractivity contribution >= 4 is 23.0 Å². The molecule has 2 rings (SSSR count). The highest BCUT2D eigenvalue weighted by molar-refractivity contribution is 7.79. The third kappa shape index (κ3) is 3.09. The molecule has 0 radical (unpaired) electrons. The van der Waals surface area contributed by atoms with Crippen molar-refractivity contribution in [2.75, 3.05) is 0 Å². The highest BCUT2D eigenvalue weighted by Crippen LogP contribution is 2.21. The molecule has 0 aliphatic carbocycles. The molecule has 17 heavy (non-hydrogen) atoms. The molecular formula is C13H11NO2S. The van der Waals surface area contributed by atoms with Crippen LogP contribution >= 0.6 is 0 Å². The lowest BCUT2D eigenvalue weighted by atomic mass is 10.2. The topological polar surface area (TPSA) is 49.7 Å². The highest BCUT2D eigenvalue weighted by Gasteiger charge is 2.04. The lowest BCUT2D eigenvalue weighted by Crippen LogP contribution is -1.88. The molecule has 0 fully saturated rings. The molecule has 0 aliphatic rings. The minimum Gasteiger partial charge on any atom is -0.302 e. The number of aliphatic imine (C=N–C) groups is 1. The van der Waals surface area contributed by atoms with Gasteiger partial charge >= 0.3 is 0 Å². The smallest absolute Gasteiger partial charge is 0.188 e. The Labute approximate surface area is 102 Å². The van der Waals surface area contributed by atoms with Gasteiger partial charge in [0.25, 0.3) is 0 Å². The van der Waals surface area contributed by atoms with Gasteiger partial charge in [-0.05, 0) is 17.7 Å². The van der Waals surface area contributed by atoms with Crippen molar-refractivity contribution in [2.45, 2.75) is 4.90 Å². The Hall–Kier alpha value is -1.78. The van der Waals surface area contributed by atoms with Gasteiger partial charge in [0.05, 0.1) is 10.6 Å². The summed E-state index contributed by atoms with van der Waals surface area (Å²) in [6.45, 7) is 0. The maximum Gasteiger partial charge on any atom is 0.188 e. The average molecular weight is 245 g/mol. The number of hydrogen-bond donors (Lipinski definition) is 1. The first kappa shape index (κ1) is 11.7. The molecule has 2 aromatic carbocycles. The zero-order chi connectivity index (χ0) is 12.1. The van der Waals surface area contributed by atoms with Crippen LogP contribution in [-0.2, 0) is 11.1 Å². The van der Waals surface area contributed by atoms with Gasteiger partial charge in [0.2, 0.25) is 0 Å². The van der Waals surface area contributed by atoms with E-state index in [0.29, 0.717) is 10.6 Å². The van der Waals surface area contributed by atoms with E-state index >= 15 is 0 Å². The first-order valence-electron chi connectivity index (χ1n) is 5.06. The quantitative estimate of drug-likeness (QED) is 0.667. The number of nitrogens with zero attached hydrogens (tertiary/aromatic N) is 1. The second-order valence-corrected chi connectivity index (χ2v) is 4.32. The molecule has 0 bridgehead atoms. The predicted molar refractivity (Wildman–Crippen MR) is 69.2 cm³/mol. The van der Waals surface area contributed by atoms with Crippen molar-refractivity contribution in [1.29, 1.82) is 0 Å². The number of hydrogen-bond acceptors (Lipinski definition) is 2. The summed E-state index contributed by atoms with van der Waals surface area (Å²) in [4.78, 5) is 4.54. The van der Waals surface area contributed by atoms with Crippen molar-refractivity contribution < 1.29 is 8.76 Å². The van der Waals surface area contributed by atoms with E-state index in [1.54, 1.807) is 30.5 Å². The van der Waals surface area contributed by atoms with E-state index in [1.165, 1.54) is 0 Å². The third-order valence-electron chi connectivity index (χ3n) is 2.21. The lowest BCUT2D eigenvalue weighted by molar-refractivity contribution is 0.564. The summed E-state index contributed by atoms with van der Waals surface area (Å²) in [6, 6.07) is 16.4. The summed E-state index contributed by atoms with van der Waals surface area (Å²) in [5.41, 5.74) is 1.46. The standard InChI is InChI=1S/C13H11NO2S/c15-17(16)13-9-5-4-8-12(13)14-10-11-6-2-1-3-7-11/h1-10H,(H,15,16). The van der Waals surface area contributed by atoms with E-state index in [4.69, 9.17) is 4.55 Å². The zero-order valence-electron chi connectivity index (χ0n) is 8.98. The largest absolute Gasteiger partial charge is 0.302 e. The maximum atomic E-state index is 11.1. The van der Waals surface area contributed by atoms with Crippen molar-refractivity contribution in [3.8, 4) is 0 Å². The van der Waals surface area contributed by atoms with Crippen LogP contribution < -0.4 is 0 Å². The summed E-state index contributed by atoms with van der Waals surface area (Å²) >= 11 is -2.01. The Balaban J connectivity index is 2.30. The minimum atomic E-state index is -2.01. The average Bonchev–Trinajstić information content (AvgIpc) is 2.38. The minimum absolute atomic E-state index is 0.319. The lowest BCUT2D eigenvalue weighted by Gasteiger charge is -1.99. The Bertz CT molecular complexity index is 552.